The Balaban J connectivity index is 1.97. The summed E-state index contributed by atoms with van der Waals surface area (Å²) in [5, 5.41) is 12.2. The van der Waals surface area contributed by atoms with Gasteiger partial charge in [-0.15, -0.1) is 0 Å². The molecule has 0 aliphatic carbocycles. The Bertz CT molecular complexity index is 582. The van der Waals surface area contributed by atoms with Gasteiger partial charge in [-0.2, -0.15) is 0 Å². The minimum absolute atomic E-state index is 0.0466. The van der Waals surface area contributed by atoms with Crippen molar-refractivity contribution in [3.63, 3.8) is 0 Å². The number of halogens is 1. The number of aliphatic hydroxyl groups is 1. The molecule has 0 spiro atoms. The number of hydrogen-bond donors (Lipinski definition) is 2. The van der Waals surface area contributed by atoms with Crippen molar-refractivity contribution in [3.8, 4) is 0 Å². The lowest BCUT2D eigenvalue weighted by Crippen LogP contribution is -2.56. The molecule has 1 aliphatic heterocycles. The van der Waals surface area contributed by atoms with Gasteiger partial charge in [-0.1, -0.05) is 28.1 Å². The molecule has 6 nitrogen and oxygen atoms in total. The quantitative estimate of drug-likeness (QED) is 0.719. The summed E-state index contributed by atoms with van der Waals surface area (Å²) in [5.41, 5.74) is 1.06. The number of rotatable bonds is 7. The van der Waals surface area contributed by atoms with Crippen molar-refractivity contribution in [1.29, 1.82) is 0 Å². The Labute approximate surface area is 150 Å². The molecule has 2 amide bonds. The molecule has 1 aromatic rings. The van der Waals surface area contributed by atoms with Gasteiger partial charge in [-0.3, -0.25) is 9.59 Å². The first kappa shape index (κ1) is 18.9. The number of hydrogen-bond acceptors (Lipinski definition) is 4. The van der Waals surface area contributed by atoms with Crippen LogP contribution in [0, 0.1) is 0 Å². The smallest absolute Gasteiger partial charge is 0.240 e. The summed E-state index contributed by atoms with van der Waals surface area (Å²) in [6.45, 7) is 4.47. The Morgan fingerprint density at radius 2 is 2.29 bits per heavy atom. The monoisotopic (exact) mass is 397 g/mol. The van der Waals surface area contributed by atoms with Crippen molar-refractivity contribution in [2.24, 2.45) is 0 Å². The van der Waals surface area contributed by atoms with Gasteiger partial charge in [0.25, 0.3) is 0 Å². The third kappa shape index (κ3) is 5.03. The average Bonchev–Trinajstić information content (AvgIpc) is 2.56. The van der Waals surface area contributed by atoms with E-state index in [1.807, 2.05) is 31.2 Å². The molecule has 1 heterocycles. The van der Waals surface area contributed by atoms with Gasteiger partial charge in [-0.05, 0) is 24.6 Å². The standard InChI is InChI=1S/C17H24BrN3O3/c1-2-20(8-9-22)16(23)11-15-17(24)21(7-6-19-15)12-13-4-3-5-14(18)10-13/h3-5,10,15,19,22H,2,6-9,11-12H2,1H3. The highest BCUT2D eigenvalue weighted by Crippen LogP contribution is 2.16. The number of piperazine rings is 1. The number of likely N-dealkylation sites (N-methyl/N-ethyl adjacent to an activating group) is 1. The van der Waals surface area contributed by atoms with E-state index >= 15 is 0 Å². The van der Waals surface area contributed by atoms with Crippen molar-refractivity contribution in [2.45, 2.75) is 25.9 Å². The summed E-state index contributed by atoms with van der Waals surface area (Å²) < 4.78 is 0.983. The van der Waals surface area contributed by atoms with Crippen molar-refractivity contribution < 1.29 is 14.7 Å². The summed E-state index contributed by atoms with van der Waals surface area (Å²) in [5.74, 6) is -0.156. The molecule has 2 rings (SSSR count). The molecule has 2 N–H and O–H groups in total. The molecule has 24 heavy (non-hydrogen) atoms. The van der Waals surface area contributed by atoms with Crippen LogP contribution >= 0.6 is 15.9 Å². The second-order valence-corrected chi connectivity index (χ2v) is 6.71. The molecule has 0 bridgehead atoms. The molecule has 1 atom stereocenters. The van der Waals surface area contributed by atoms with E-state index < -0.39 is 6.04 Å². The first-order chi connectivity index (χ1) is 11.5. The normalized spacial score (nSPS) is 17.9. The van der Waals surface area contributed by atoms with Gasteiger partial charge in [0.1, 0.15) is 0 Å². The van der Waals surface area contributed by atoms with Crippen LogP contribution in [0.5, 0.6) is 0 Å². The molecule has 0 radical (unpaired) electrons. The molecule has 1 unspecified atom stereocenters. The summed E-state index contributed by atoms with van der Waals surface area (Å²) in [6.07, 6.45) is 0.127. The number of aliphatic hydroxyl groups excluding tert-OH is 1. The Hall–Kier alpha value is -1.44. The molecule has 1 aromatic carbocycles. The van der Waals surface area contributed by atoms with Gasteiger partial charge in [-0.25, -0.2) is 0 Å². The van der Waals surface area contributed by atoms with Crippen LogP contribution in [-0.2, 0) is 16.1 Å². The van der Waals surface area contributed by atoms with E-state index in [1.165, 1.54) is 0 Å². The largest absolute Gasteiger partial charge is 0.395 e. The fourth-order valence-electron chi connectivity index (χ4n) is 2.85. The number of carbonyl (C=O) groups is 2. The lowest BCUT2D eigenvalue weighted by Gasteiger charge is -2.34. The van der Waals surface area contributed by atoms with Crippen molar-refractivity contribution >= 4 is 27.7 Å². The van der Waals surface area contributed by atoms with Crippen LogP contribution in [0.25, 0.3) is 0 Å². The summed E-state index contributed by atoms with van der Waals surface area (Å²) >= 11 is 3.44. The molecule has 1 aliphatic rings. The van der Waals surface area contributed by atoms with Gasteiger partial charge in [0.15, 0.2) is 0 Å². The molecule has 132 valence electrons. The average molecular weight is 398 g/mol. The Morgan fingerprint density at radius 1 is 1.50 bits per heavy atom. The molecule has 0 saturated carbocycles. The fraction of sp³-hybridized carbons (Fsp3) is 0.529. The molecular weight excluding hydrogens is 374 g/mol. The SMILES string of the molecule is CCN(CCO)C(=O)CC1NCCN(Cc2cccc(Br)c2)C1=O. The molecular formula is C17H24BrN3O3. The minimum Gasteiger partial charge on any atom is -0.395 e. The number of carbonyl (C=O) groups excluding carboxylic acids is 2. The summed E-state index contributed by atoms with van der Waals surface area (Å²) in [7, 11) is 0. The number of nitrogens with zero attached hydrogens (tertiary/aromatic N) is 2. The third-order valence-corrected chi connectivity index (χ3v) is 4.62. The highest BCUT2D eigenvalue weighted by molar-refractivity contribution is 9.10. The van der Waals surface area contributed by atoms with E-state index in [2.05, 4.69) is 21.2 Å². The number of benzene rings is 1. The molecule has 1 saturated heterocycles. The van der Waals surface area contributed by atoms with E-state index in [0.717, 1.165) is 10.0 Å². The molecule has 0 aromatic heterocycles. The lowest BCUT2D eigenvalue weighted by molar-refractivity contribution is -0.141. The Morgan fingerprint density at radius 3 is 2.96 bits per heavy atom. The van der Waals surface area contributed by atoms with Crippen LogP contribution in [0.15, 0.2) is 28.7 Å². The maximum atomic E-state index is 12.7. The van der Waals surface area contributed by atoms with Crippen LogP contribution < -0.4 is 5.32 Å². The maximum absolute atomic E-state index is 12.7. The number of nitrogens with one attached hydrogen (secondary N) is 1. The third-order valence-electron chi connectivity index (χ3n) is 4.13. The fourth-order valence-corrected chi connectivity index (χ4v) is 3.29. The number of amides is 2. The molecule has 1 fully saturated rings. The van der Waals surface area contributed by atoms with E-state index in [-0.39, 0.29) is 24.8 Å². The lowest BCUT2D eigenvalue weighted by atomic mass is 10.1. The second-order valence-electron chi connectivity index (χ2n) is 5.80. The van der Waals surface area contributed by atoms with Crippen molar-refractivity contribution in [2.75, 3.05) is 32.8 Å². The van der Waals surface area contributed by atoms with Crippen molar-refractivity contribution in [1.82, 2.24) is 15.1 Å². The van der Waals surface area contributed by atoms with Crippen LogP contribution in [0.3, 0.4) is 0 Å². The van der Waals surface area contributed by atoms with Gasteiger partial charge in [0, 0.05) is 37.2 Å². The predicted molar refractivity (Wildman–Crippen MR) is 95.3 cm³/mol. The van der Waals surface area contributed by atoms with Gasteiger partial charge in [0.05, 0.1) is 19.1 Å². The highest BCUT2D eigenvalue weighted by atomic mass is 79.9. The first-order valence-electron chi connectivity index (χ1n) is 8.20. The van der Waals surface area contributed by atoms with Crippen LogP contribution in [0.4, 0.5) is 0 Å². The summed E-state index contributed by atoms with van der Waals surface area (Å²) in [4.78, 5) is 28.3. The first-order valence-corrected chi connectivity index (χ1v) is 8.99. The van der Waals surface area contributed by atoms with E-state index in [9.17, 15) is 9.59 Å². The zero-order chi connectivity index (χ0) is 17.5. The predicted octanol–water partition coefficient (Wildman–Crippen LogP) is 0.980. The topological polar surface area (TPSA) is 72.9 Å². The van der Waals surface area contributed by atoms with Gasteiger partial charge >= 0.3 is 0 Å². The van der Waals surface area contributed by atoms with E-state index in [0.29, 0.717) is 32.7 Å². The van der Waals surface area contributed by atoms with Crippen LogP contribution in [-0.4, -0.2) is 65.5 Å². The van der Waals surface area contributed by atoms with Gasteiger partial charge < -0.3 is 20.2 Å². The van der Waals surface area contributed by atoms with Crippen molar-refractivity contribution in [3.05, 3.63) is 34.3 Å². The van der Waals surface area contributed by atoms with Crippen LogP contribution in [0.2, 0.25) is 0 Å². The van der Waals surface area contributed by atoms with Crippen LogP contribution in [0.1, 0.15) is 18.9 Å². The van der Waals surface area contributed by atoms with Gasteiger partial charge in [0.2, 0.25) is 11.8 Å². The second kappa shape index (κ2) is 9.15. The zero-order valence-electron chi connectivity index (χ0n) is 13.9. The maximum Gasteiger partial charge on any atom is 0.240 e. The van der Waals surface area contributed by atoms with E-state index in [4.69, 9.17) is 5.11 Å². The zero-order valence-corrected chi connectivity index (χ0v) is 15.5. The molecule has 7 heteroatoms. The van der Waals surface area contributed by atoms with E-state index in [1.54, 1.807) is 9.80 Å². The summed E-state index contributed by atoms with van der Waals surface area (Å²) in [6, 6.07) is 7.38. The minimum atomic E-state index is -0.494. The highest BCUT2D eigenvalue weighted by Gasteiger charge is 2.31. The Kier molecular flexibility index (Phi) is 7.20.